The average molecular weight is 330 g/mol. The summed E-state index contributed by atoms with van der Waals surface area (Å²) in [6.07, 6.45) is 2.31. The van der Waals surface area contributed by atoms with Gasteiger partial charge in [0.15, 0.2) is 5.76 Å². The maximum Gasteiger partial charge on any atom is 0.287 e. The van der Waals surface area contributed by atoms with E-state index in [0.717, 1.165) is 17.7 Å². The van der Waals surface area contributed by atoms with Crippen molar-refractivity contribution in [2.75, 3.05) is 5.75 Å². The van der Waals surface area contributed by atoms with Crippen LogP contribution in [0.25, 0.3) is 0 Å². The van der Waals surface area contributed by atoms with E-state index in [1.807, 2.05) is 18.2 Å². The fourth-order valence-electron chi connectivity index (χ4n) is 2.53. The average Bonchev–Trinajstić information content (AvgIpc) is 3.09. The summed E-state index contributed by atoms with van der Waals surface area (Å²) in [5, 5.41) is 5.67. The van der Waals surface area contributed by atoms with E-state index < -0.39 is 11.9 Å². The van der Waals surface area contributed by atoms with Crippen LogP contribution in [0, 0.1) is 0 Å². The lowest BCUT2D eigenvalue weighted by molar-refractivity contribution is -0.123. The minimum Gasteiger partial charge on any atom is -0.459 e. The molecule has 120 valence electrons. The van der Waals surface area contributed by atoms with Crippen LogP contribution in [0.5, 0.6) is 0 Å². The first-order valence-electron chi connectivity index (χ1n) is 7.51. The molecule has 1 aliphatic rings. The summed E-state index contributed by atoms with van der Waals surface area (Å²) in [4.78, 5) is 25.5. The molecule has 2 N–H and O–H groups in total. The Morgan fingerprint density at radius 3 is 2.87 bits per heavy atom. The predicted octanol–water partition coefficient (Wildman–Crippen LogP) is 2.75. The third-order valence-electron chi connectivity index (χ3n) is 3.76. The highest BCUT2D eigenvalue weighted by molar-refractivity contribution is 7.99. The van der Waals surface area contributed by atoms with Crippen LogP contribution in [0.1, 0.15) is 35.5 Å². The Balaban J connectivity index is 1.62. The van der Waals surface area contributed by atoms with Gasteiger partial charge in [-0.15, -0.1) is 11.8 Å². The first-order valence-corrected chi connectivity index (χ1v) is 8.50. The fraction of sp³-hybridized carbons (Fsp3) is 0.294. The zero-order valence-electron chi connectivity index (χ0n) is 12.7. The Kier molecular flexibility index (Phi) is 4.71. The molecule has 0 saturated carbocycles. The van der Waals surface area contributed by atoms with Crippen LogP contribution in [0.3, 0.4) is 0 Å². The molecule has 1 aromatic carbocycles. The van der Waals surface area contributed by atoms with Crippen LogP contribution in [-0.4, -0.2) is 23.6 Å². The van der Waals surface area contributed by atoms with E-state index in [1.165, 1.54) is 11.2 Å². The molecule has 0 spiro atoms. The van der Waals surface area contributed by atoms with E-state index >= 15 is 0 Å². The molecule has 3 rings (SSSR count). The minimum atomic E-state index is -0.630. The minimum absolute atomic E-state index is 0.0112. The van der Waals surface area contributed by atoms with E-state index in [1.54, 1.807) is 30.8 Å². The molecule has 0 saturated heterocycles. The van der Waals surface area contributed by atoms with Gasteiger partial charge in [0, 0.05) is 10.6 Å². The Hall–Kier alpha value is -2.21. The van der Waals surface area contributed by atoms with E-state index in [4.69, 9.17) is 4.42 Å². The quantitative estimate of drug-likeness (QED) is 0.904. The highest BCUT2D eigenvalue weighted by Crippen LogP contribution is 2.35. The second-order valence-electron chi connectivity index (χ2n) is 5.41. The number of furan rings is 1. The Bertz CT molecular complexity index is 700. The maximum atomic E-state index is 12.4. The van der Waals surface area contributed by atoms with Gasteiger partial charge >= 0.3 is 0 Å². The first kappa shape index (κ1) is 15.7. The smallest absolute Gasteiger partial charge is 0.287 e. The Morgan fingerprint density at radius 1 is 1.26 bits per heavy atom. The van der Waals surface area contributed by atoms with Crippen molar-refractivity contribution < 1.29 is 14.0 Å². The number of benzene rings is 1. The van der Waals surface area contributed by atoms with Crippen molar-refractivity contribution in [2.24, 2.45) is 0 Å². The zero-order valence-corrected chi connectivity index (χ0v) is 13.6. The van der Waals surface area contributed by atoms with Gasteiger partial charge in [-0.3, -0.25) is 9.59 Å². The molecular weight excluding hydrogens is 312 g/mol. The highest BCUT2D eigenvalue weighted by atomic mass is 32.2. The van der Waals surface area contributed by atoms with Crippen LogP contribution >= 0.6 is 11.8 Å². The summed E-state index contributed by atoms with van der Waals surface area (Å²) in [5.74, 6) is 0.577. The molecule has 1 aromatic heterocycles. The second kappa shape index (κ2) is 6.91. The number of hydrogen-bond acceptors (Lipinski definition) is 4. The molecule has 2 heterocycles. The van der Waals surface area contributed by atoms with Crippen LogP contribution in [0.2, 0.25) is 0 Å². The summed E-state index contributed by atoms with van der Waals surface area (Å²) in [6, 6.07) is 10.6. The standard InChI is InChI=1S/C17H18N2O3S/c1-11(18-17(21)14-6-4-9-22-14)16(20)19-13-8-10-23-15-7-3-2-5-12(13)15/h2-7,9,11,13H,8,10H2,1H3,(H,18,21)(H,19,20)/t11-,13?/m0/s1. The third kappa shape index (κ3) is 3.59. The summed E-state index contributed by atoms with van der Waals surface area (Å²) in [5.41, 5.74) is 1.14. The number of rotatable bonds is 4. The normalized spacial score (nSPS) is 17.9. The van der Waals surface area contributed by atoms with Crippen molar-refractivity contribution in [3.05, 3.63) is 54.0 Å². The lowest BCUT2D eigenvalue weighted by Gasteiger charge is -2.27. The largest absolute Gasteiger partial charge is 0.459 e. The van der Waals surface area contributed by atoms with Gasteiger partial charge < -0.3 is 15.1 Å². The van der Waals surface area contributed by atoms with E-state index in [0.29, 0.717) is 0 Å². The monoisotopic (exact) mass is 330 g/mol. The van der Waals surface area contributed by atoms with Crippen molar-refractivity contribution in [2.45, 2.75) is 30.3 Å². The second-order valence-corrected chi connectivity index (χ2v) is 6.55. The molecule has 0 bridgehead atoms. The van der Waals surface area contributed by atoms with Crippen molar-refractivity contribution in [1.82, 2.24) is 10.6 Å². The number of hydrogen-bond donors (Lipinski definition) is 2. The lowest BCUT2D eigenvalue weighted by atomic mass is 10.0. The highest BCUT2D eigenvalue weighted by Gasteiger charge is 2.25. The molecule has 1 unspecified atom stereocenters. The number of nitrogens with one attached hydrogen (secondary N) is 2. The van der Waals surface area contributed by atoms with Gasteiger partial charge in [0.1, 0.15) is 6.04 Å². The number of thioether (sulfide) groups is 1. The fourth-order valence-corrected chi connectivity index (χ4v) is 3.66. The number of amides is 2. The third-order valence-corrected chi connectivity index (χ3v) is 4.88. The van der Waals surface area contributed by atoms with Crippen LogP contribution < -0.4 is 10.6 Å². The zero-order chi connectivity index (χ0) is 16.2. The molecule has 2 amide bonds. The summed E-state index contributed by atoms with van der Waals surface area (Å²) >= 11 is 1.80. The Morgan fingerprint density at radius 2 is 2.09 bits per heavy atom. The predicted molar refractivity (Wildman–Crippen MR) is 88.3 cm³/mol. The molecule has 1 aliphatic heterocycles. The van der Waals surface area contributed by atoms with Gasteiger partial charge in [-0.1, -0.05) is 18.2 Å². The summed E-state index contributed by atoms with van der Waals surface area (Å²) in [7, 11) is 0. The van der Waals surface area contributed by atoms with Gasteiger partial charge in [-0.2, -0.15) is 0 Å². The topological polar surface area (TPSA) is 71.3 Å². The van der Waals surface area contributed by atoms with Crippen LogP contribution in [-0.2, 0) is 4.79 Å². The molecule has 2 atom stereocenters. The van der Waals surface area contributed by atoms with Gasteiger partial charge in [-0.05, 0) is 37.1 Å². The van der Waals surface area contributed by atoms with E-state index in [9.17, 15) is 9.59 Å². The van der Waals surface area contributed by atoms with Crippen molar-refractivity contribution in [3.63, 3.8) is 0 Å². The molecule has 0 fully saturated rings. The molecule has 0 radical (unpaired) electrons. The van der Waals surface area contributed by atoms with Crippen molar-refractivity contribution >= 4 is 23.6 Å². The molecule has 0 aliphatic carbocycles. The van der Waals surface area contributed by atoms with Crippen molar-refractivity contribution in [3.8, 4) is 0 Å². The molecule has 6 heteroatoms. The van der Waals surface area contributed by atoms with Crippen LogP contribution in [0.4, 0.5) is 0 Å². The lowest BCUT2D eigenvalue weighted by Crippen LogP contribution is -2.46. The van der Waals surface area contributed by atoms with Crippen LogP contribution in [0.15, 0.2) is 52.0 Å². The number of fused-ring (bicyclic) bond motifs is 1. The summed E-state index contributed by atoms with van der Waals surface area (Å²) < 4.78 is 5.03. The molecular formula is C17H18N2O3S. The first-order chi connectivity index (χ1) is 11.1. The van der Waals surface area contributed by atoms with Gasteiger partial charge in [-0.25, -0.2) is 0 Å². The SMILES string of the molecule is C[C@H](NC(=O)c1ccco1)C(=O)NC1CCSc2ccccc21. The number of carbonyl (C=O) groups is 2. The van der Waals surface area contributed by atoms with Gasteiger partial charge in [0.25, 0.3) is 5.91 Å². The van der Waals surface area contributed by atoms with E-state index in [2.05, 4.69) is 16.7 Å². The Labute approximate surface area is 138 Å². The molecule has 5 nitrogen and oxygen atoms in total. The molecule has 23 heavy (non-hydrogen) atoms. The van der Waals surface area contributed by atoms with Gasteiger partial charge in [0.05, 0.1) is 12.3 Å². The van der Waals surface area contributed by atoms with Gasteiger partial charge in [0.2, 0.25) is 5.91 Å². The van der Waals surface area contributed by atoms with Crippen molar-refractivity contribution in [1.29, 1.82) is 0 Å². The molecule has 2 aromatic rings. The summed E-state index contributed by atoms with van der Waals surface area (Å²) in [6.45, 7) is 1.67. The van der Waals surface area contributed by atoms with E-state index in [-0.39, 0.29) is 17.7 Å². The maximum absolute atomic E-state index is 12.4. The number of carbonyl (C=O) groups excluding carboxylic acids is 2.